The van der Waals surface area contributed by atoms with Gasteiger partial charge in [-0.25, -0.2) is 0 Å². The molecule has 0 fully saturated rings. The smallest absolute Gasteiger partial charge is 0.308 e. The first-order chi connectivity index (χ1) is 6.74. The average Bonchev–Trinajstić information content (AvgIpc) is 2.19. The molecule has 0 aromatic heterocycles. The van der Waals surface area contributed by atoms with Gasteiger partial charge in [-0.15, -0.1) is 0 Å². The lowest BCUT2D eigenvalue weighted by atomic mass is 10.2. The Morgan fingerprint density at radius 3 is 2.64 bits per heavy atom. The van der Waals surface area contributed by atoms with Crippen LogP contribution in [0.15, 0.2) is 30.3 Å². The maximum atomic E-state index is 11.0. The topological polar surface area (TPSA) is 46.5 Å². The van der Waals surface area contributed by atoms with Crippen LogP contribution in [0.2, 0.25) is 0 Å². The second kappa shape index (κ2) is 5.40. The number of ether oxygens (including phenoxy) is 1. The Balaban J connectivity index is 2.50. The zero-order chi connectivity index (χ0) is 10.4. The molecule has 1 atom stereocenters. The fourth-order valence-corrected chi connectivity index (χ4v) is 1.07. The number of hydrogen-bond acceptors (Lipinski definition) is 3. The van der Waals surface area contributed by atoms with Crippen molar-refractivity contribution in [2.24, 2.45) is 0 Å². The molecule has 3 nitrogen and oxygen atoms in total. The van der Waals surface area contributed by atoms with E-state index in [1.807, 2.05) is 13.0 Å². The summed E-state index contributed by atoms with van der Waals surface area (Å²) < 4.78 is 4.79. The Labute approximate surface area is 83.3 Å². The van der Waals surface area contributed by atoms with E-state index in [1.165, 1.54) is 0 Å². The van der Waals surface area contributed by atoms with Gasteiger partial charge in [0.1, 0.15) is 0 Å². The van der Waals surface area contributed by atoms with Gasteiger partial charge in [-0.1, -0.05) is 37.3 Å². The van der Waals surface area contributed by atoms with E-state index in [4.69, 9.17) is 4.74 Å². The minimum Gasteiger partial charge on any atom is -0.431 e. The van der Waals surface area contributed by atoms with E-state index in [9.17, 15) is 9.90 Å². The van der Waals surface area contributed by atoms with Crippen molar-refractivity contribution in [1.82, 2.24) is 0 Å². The maximum Gasteiger partial charge on any atom is 0.308 e. The van der Waals surface area contributed by atoms with Crippen molar-refractivity contribution in [2.75, 3.05) is 0 Å². The van der Waals surface area contributed by atoms with Crippen molar-refractivity contribution in [3.63, 3.8) is 0 Å². The molecule has 14 heavy (non-hydrogen) atoms. The molecule has 0 spiro atoms. The zero-order valence-electron chi connectivity index (χ0n) is 8.14. The summed E-state index contributed by atoms with van der Waals surface area (Å²) in [4.78, 5) is 11.0. The molecule has 0 radical (unpaired) electrons. The first kappa shape index (κ1) is 10.7. The first-order valence-corrected chi connectivity index (χ1v) is 4.66. The van der Waals surface area contributed by atoms with E-state index in [0.29, 0.717) is 12.0 Å². The Morgan fingerprint density at radius 2 is 2.07 bits per heavy atom. The minimum absolute atomic E-state index is 0.337. The predicted molar refractivity (Wildman–Crippen MR) is 52.4 cm³/mol. The lowest BCUT2D eigenvalue weighted by Gasteiger charge is -2.11. The number of aliphatic hydroxyl groups excluding tert-OH is 1. The molecule has 0 bridgehead atoms. The largest absolute Gasteiger partial charge is 0.431 e. The SMILES string of the molecule is CCCC(=O)OC(O)c1ccccc1. The lowest BCUT2D eigenvalue weighted by Crippen LogP contribution is -2.10. The molecule has 0 saturated carbocycles. The molecule has 0 aliphatic heterocycles. The fourth-order valence-electron chi connectivity index (χ4n) is 1.07. The van der Waals surface area contributed by atoms with Crippen LogP contribution in [0.4, 0.5) is 0 Å². The van der Waals surface area contributed by atoms with Crippen LogP contribution in [0.25, 0.3) is 0 Å². The first-order valence-electron chi connectivity index (χ1n) is 4.66. The van der Waals surface area contributed by atoms with Gasteiger partial charge in [0.15, 0.2) is 0 Å². The van der Waals surface area contributed by atoms with E-state index in [1.54, 1.807) is 24.3 Å². The second-order valence-corrected chi connectivity index (χ2v) is 3.00. The lowest BCUT2D eigenvalue weighted by molar-refractivity contribution is -0.169. The highest BCUT2D eigenvalue weighted by Crippen LogP contribution is 2.14. The molecule has 1 rings (SSSR count). The third-order valence-electron chi connectivity index (χ3n) is 1.78. The van der Waals surface area contributed by atoms with Gasteiger partial charge in [0.25, 0.3) is 0 Å². The summed E-state index contributed by atoms with van der Waals surface area (Å²) in [6.45, 7) is 1.89. The maximum absolute atomic E-state index is 11.0. The van der Waals surface area contributed by atoms with Crippen molar-refractivity contribution < 1.29 is 14.6 Å². The number of carbonyl (C=O) groups excluding carboxylic acids is 1. The third kappa shape index (κ3) is 3.18. The molecule has 1 aromatic rings. The summed E-state index contributed by atoms with van der Waals surface area (Å²) in [5.41, 5.74) is 0.594. The molecule has 1 aromatic carbocycles. The monoisotopic (exact) mass is 194 g/mol. The standard InChI is InChI=1S/C11H14O3/c1-2-6-10(12)14-11(13)9-7-4-3-5-8-9/h3-5,7-8,11,13H,2,6H2,1H3. The van der Waals surface area contributed by atoms with E-state index in [0.717, 1.165) is 6.42 Å². The van der Waals surface area contributed by atoms with Crippen molar-refractivity contribution in [3.8, 4) is 0 Å². The van der Waals surface area contributed by atoms with Gasteiger partial charge < -0.3 is 9.84 Å². The molecule has 76 valence electrons. The van der Waals surface area contributed by atoms with Crippen LogP contribution in [0.5, 0.6) is 0 Å². The number of carbonyl (C=O) groups is 1. The predicted octanol–water partition coefficient (Wildman–Crippen LogP) is 2.02. The van der Waals surface area contributed by atoms with Gasteiger partial charge in [0, 0.05) is 12.0 Å². The molecular formula is C11H14O3. The van der Waals surface area contributed by atoms with Crippen molar-refractivity contribution >= 4 is 5.97 Å². The van der Waals surface area contributed by atoms with Crippen molar-refractivity contribution in [2.45, 2.75) is 26.1 Å². The summed E-state index contributed by atoms with van der Waals surface area (Å²) in [5, 5.41) is 9.47. The molecule has 0 amide bonds. The summed E-state index contributed by atoms with van der Waals surface area (Å²) in [7, 11) is 0. The van der Waals surface area contributed by atoms with Crippen LogP contribution in [-0.2, 0) is 9.53 Å². The zero-order valence-corrected chi connectivity index (χ0v) is 8.14. The summed E-state index contributed by atoms with van der Waals surface area (Å²) in [6, 6.07) is 8.83. The van der Waals surface area contributed by atoms with Crippen LogP contribution < -0.4 is 0 Å². The van der Waals surface area contributed by atoms with E-state index >= 15 is 0 Å². The normalized spacial score (nSPS) is 12.1. The van der Waals surface area contributed by atoms with Gasteiger partial charge in [-0.3, -0.25) is 4.79 Å². The van der Waals surface area contributed by atoms with Gasteiger partial charge in [0.2, 0.25) is 6.29 Å². The van der Waals surface area contributed by atoms with Crippen LogP contribution in [0.3, 0.4) is 0 Å². The number of benzene rings is 1. The number of rotatable bonds is 4. The van der Waals surface area contributed by atoms with Gasteiger partial charge in [-0.05, 0) is 6.42 Å². The summed E-state index contributed by atoms with van der Waals surface area (Å²) >= 11 is 0. The van der Waals surface area contributed by atoms with Gasteiger partial charge >= 0.3 is 5.97 Å². The van der Waals surface area contributed by atoms with Gasteiger partial charge in [0.05, 0.1) is 0 Å². The van der Waals surface area contributed by atoms with E-state index in [2.05, 4.69) is 0 Å². The highest BCUT2D eigenvalue weighted by molar-refractivity contribution is 5.69. The Bertz CT molecular complexity index is 282. The Hall–Kier alpha value is -1.35. The number of aliphatic hydroxyl groups is 1. The van der Waals surface area contributed by atoms with Crippen LogP contribution in [0.1, 0.15) is 31.6 Å². The minimum atomic E-state index is -1.14. The highest BCUT2D eigenvalue weighted by Gasteiger charge is 2.11. The molecule has 1 N–H and O–H groups in total. The fraction of sp³-hybridized carbons (Fsp3) is 0.364. The van der Waals surface area contributed by atoms with E-state index in [-0.39, 0.29) is 5.97 Å². The molecule has 3 heteroatoms. The third-order valence-corrected chi connectivity index (χ3v) is 1.78. The average molecular weight is 194 g/mol. The summed E-state index contributed by atoms with van der Waals surface area (Å²) in [6.07, 6.45) is -0.0835. The molecule has 0 aliphatic rings. The van der Waals surface area contributed by atoms with Crippen LogP contribution in [-0.4, -0.2) is 11.1 Å². The number of esters is 1. The quantitative estimate of drug-likeness (QED) is 0.589. The highest BCUT2D eigenvalue weighted by atomic mass is 16.6. The van der Waals surface area contributed by atoms with Crippen LogP contribution in [0, 0.1) is 0 Å². The molecule has 0 saturated heterocycles. The second-order valence-electron chi connectivity index (χ2n) is 3.00. The van der Waals surface area contributed by atoms with Crippen molar-refractivity contribution in [3.05, 3.63) is 35.9 Å². The molecular weight excluding hydrogens is 180 g/mol. The van der Waals surface area contributed by atoms with Crippen LogP contribution >= 0.6 is 0 Å². The number of hydrogen-bond donors (Lipinski definition) is 1. The molecule has 1 unspecified atom stereocenters. The van der Waals surface area contributed by atoms with Crippen molar-refractivity contribution in [1.29, 1.82) is 0 Å². The summed E-state index contributed by atoms with van der Waals surface area (Å²) in [5.74, 6) is -0.371. The van der Waals surface area contributed by atoms with E-state index < -0.39 is 6.29 Å². The Kier molecular flexibility index (Phi) is 4.13. The Morgan fingerprint density at radius 1 is 1.43 bits per heavy atom. The molecule has 0 aliphatic carbocycles. The van der Waals surface area contributed by atoms with Gasteiger partial charge in [-0.2, -0.15) is 0 Å². The molecule has 0 heterocycles.